The van der Waals surface area contributed by atoms with Crippen LogP contribution in [0.5, 0.6) is 0 Å². The van der Waals surface area contributed by atoms with Crippen molar-refractivity contribution in [3.05, 3.63) is 51.4 Å². The first-order chi connectivity index (χ1) is 17.0. The Hall–Kier alpha value is 1.27. The fourth-order valence-corrected chi connectivity index (χ4v) is 4.94. The van der Waals surface area contributed by atoms with Gasteiger partial charge in [0.15, 0.2) is 6.04 Å². The summed E-state index contributed by atoms with van der Waals surface area (Å²) in [6.07, 6.45) is 0. The van der Waals surface area contributed by atoms with E-state index in [4.69, 9.17) is 23.2 Å². The van der Waals surface area contributed by atoms with E-state index in [-0.39, 0.29) is 145 Å². The molecular weight excluding hydrogens is 733 g/mol. The third-order valence-corrected chi connectivity index (χ3v) is 7.46. The Morgan fingerprint density at radius 3 is 2.10 bits per heavy atom. The van der Waals surface area contributed by atoms with Gasteiger partial charge in [0.25, 0.3) is 11.8 Å². The van der Waals surface area contributed by atoms with Crippen LogP contribution in [-0.2, 0) is 29.8 Å². The van der Waals surface area contributed by atoms with E-state index in [1.54, 1.807) is 0 Å². The van der Waals surface area contributed by atoms with E-state index in [2.05, 4.69) is 43.2 Å². The first kappa shape index (κ1) is 44.4. The molecule has 41 heavy (non-hydrogen) atoms. The van der Waals surface area contributed by atoms with Crippen LogP contribution in [0.25, 0.3) is 0 Å². The molecule has 0 aromatic heterocycles. The van der Waals surface area contributed by atoms with Crippen molar-refractivity contribution in [2.75, 3.05) is 10.3 Å². The van der Waals surface area contributed by atoms with Crippen LogP contribution in [0, 0.1) is 0 Å². The van der Waals surface area contributed by atoms with Crippen LogP contribution in [0.4, 0.5) is 17.1 Å². The van der Waals surface area contributed by atoms with Gasteiger partial charge in [0.2, 0.25) is 0 Å². The summed E-state index contributed by atoms with van der Waals surface area (Å²) in [5.41, 5.74) is -0.527. The maximum atomic E-state index is 13.0. The molecule has 0 saturated heterocycles. The maximum absolute atomic E-state index is 13.0. The first-order valence-electron chi connectivity index (χ1n) is 9.51. The van der Waals surface area contributed by atoms with Gasteiger partial charge < -0.3 is 14.4 Å². The van der Waals surface area contributed by atoms with Crippen molar-refractivity contribution in [2.24, 2.45) is 15.3 Å². The Morgan fingerprint density at radius 1 is 1.02 bits per heavy atom. The number of halogens is 3. The number of nitrogens with one attached hydrogen (secondary N) is 1. The molecule has 2 aromatic carbocycles. The molecule has 1 aliphatic heterocycles. The number of amides is 2. The summed E-state index contributed by atoms with van der Waals surface area (Å²) >= 11 is 14.8. The van der Waals surface area contributed by atoms with E-state index in [1.807, 2.05) is 0 Å². The number of carbonyl (C=O) groups is 2. The minimum atomic E-state index is -5.02. The van der Waals surface area contributed by atoms with Gasteiger partial charge in [-0.15, -0.1) is 0 Å². The van der Waals surface area contributed by atoms with Crippen LogP contribution in [0.15, 0.2) is 66.5 Å². The topological polar surface area (TPSA) is 201 Å². The quantitative estimate of drug-likeness (QED) is 0.125. The van der Waals surface area contributed by atoms with Crippen molar-refractivity contribution in [3.8, 4) is 0 Å². The van der Waals surface area contributed by atoms with E-state index in [0.29, 0.717) is 0 Å². The molecule has 1 heterocycles. The molecule has 1 N–H and O–H groups in total. The molecule has 1 atom stereocenters. The SMILES string of the molecule is C=C(Br)C(=O)Nc1ccc(S(=O)(=O)[O-])c(N=NC2C(=O)N(c3cc(Cl)c(S(=O)(=O)[O-])cc3Cl)N=C2C)c1.[Na+].[Na+].[Na+].[Na+]. The normalized spacial score (nSPS) is 14.7. The number of benzene rings is 2. The average molecular weight is 745 g/mol. The molecule has 2 aromatic rings. The molecule has 0 spiro atoms. The van der Waals surface area contributed by atoms with Crippen molar-refractivity contribution in [2.45, 2.75) is 22.8 Å². The van der Waals surface area contributed by atoms with Gasteiger partial charge in [-0.2, -0.15) is 20.3 Å². The summed E-state index contributed by atoms with van der Waals surface area (Å²) in [5.74, 6) is -1.50. The van der Waals surface area contributed by atoms with Crippen LogP contribution >= 0.6 is 39.1 Å². The zero-order valence-electron chi connectivity index (χ0n) is 22.2. The molecular formula is C19H12BrCl2N5Na4O8S2+2. The second kappa shape index (κ2) is 17.8. The Morgan fingerprint density at radius 2 is 1.59 bits per heavy atom. The van der Waals surface area contributed by atoms with Gasteiger partial charge in [0.1, 0.15) is 25.9 Å². The third kappa shape index (κ3) is 11.2. The molecule has 0 aliphatic carbocycles. The molecule has 1 aliphatic rings. The summed E-state index contributed by atoms with van der Waals surface area (Å²) in [6, 6.07) is 3.41. The third-order valence-electron chi connectivity index (χ3n) is 4.61. The van der Waals surface area contributed by atoms with Crippen molar-refractivity contribution >= 4 is 94.0 Å². The summed E-state index contributed by atoms with van der Waals surface area (Å²) in [7, 11) is -9.97. The zero-order valence-corrected chi connectivity index (χ0v) is 34.9. The minimum Gasteiger partial charge on any atom is -0.744 e. The average Bonchev–Trinajstić information content (AvgIpc) is 3.05. The van der Waals surface area contributed by atoms with E-state index >= 15 is 0 Å². The number of anilines is 2. The molecule has 22 heteroatoms. The first-order valence-corrected chi connectivity index (χ1v) is 13.9. The van der Waals surface area contributed by atoms with E-state index in [9.17, 15) is 35.5 Å². The van der Waals surface area contributed by atoms with E-state index in [0.717, 1.165) is 35.3 Å². The molecule has 2 amide bonds. The number of carbonyl (C=O) groups excluding carboxylic acids is 2. The van der Waals surface area contributed by atoms with Crippen LogP contribution in [0.1, 0.15) is 6.92 Å². The molecule has 0 fully saturated rings. The minimum absolute atomic E-state index is 0. The van der Waals surface area contributed by atoms with E-state index < -0.39 is 58.6 Å². The van der Waals surface area contributed by atoms with Gasteiger partial charge in [0, 0.05) is 5.69 Å². The molecule has 0 bridgehead atoms. The Bertz CT molecular complexity index is 1650. The van der Waals surface area contributed by atoms with Crippen LogP contribution < -0.4 is 129 Å². The second-order valence-electron chi connectivity index (χ2n) is 7.19. The second-order valence-corrected chi connectivity index (χ2v) is 11.7. The molecule has 1 unspecified atom stereocenters. The predicted molar refractivity (Wildman–Crippen MR) is 134 cm³/mol. The number of hydrogen-bond donors (Lipinski definition) is 1. The summed E-state index contributed by atoms with van der Waals surface area (Å²) < 4.78 is 68.9. The standard InChI is InChI=1S/C19H14BrCl2N5O8S2.4Na/c1-8(20)18(28)23-10-3-4-15(36(30,31)32)13(5-10)24-25-17-9(2)26-27(19(17)29)14-6-12(22)16(7-11(14)21)37(33,34)35;;;;/h3-7,17H,1H2,2H3,(H,23,28)(H,30,31,32)(H,33,34,35);;;;/q;4*+1/p-2. The van der Waals surface area contributed by atoms with E-state index in [1.165, 1.54) is 6.92 Å². The largest absolute Gasteiger partial charge is 1.00 e. The molecule has 3 rings (SSSR count). The molecule has 0 saturated carbocycles. The van der Waals surface area contributed by atoms with Crippen LogP contribution in [-0.4, -0.2) is 49.5 Å². The Balaban J connectivity index is 0. The number of rotatable bonds is 7. The van der Waals surface area contributed by atoms with Crippen molar-refractivity contribution in [3.63, 3.8) is 0 Å². The molecule has 13 nitrogen and oxygen atoms in total. The van der Waals surface area contributed by atoms with Crippen molar-refractivity contribution < 1.29 is 154 Å². The number of azo groups is 1. The maximum Gasteiger partial charge on any atom is 1.00 e. The van der Waals surface area contributed by atoms with Gasteiger partial charge in [-0.05, 0) is 53.2 Å². The predicted octanol–water partition coefficient (Wildman–Crippen LogP) is -8.46. The Labute approximate surface area is 342 Å². The number of hydrogen-bond acceptors (Lipinski definition) is 11. The number of nitrogens with zero attached hydrogens (tertiary/aromatic N) is 4. The molecule has 196 valence electrons. The molecule has 0 radical (unpaired) electrons. The van der Waals surface area contributed by atoms with Crippen LogP contribution in [0.2, 0.25) is 10.0 Å². The van der Waals surface area contributed by atoms with Gasteiger partial charge in [-0.25, -0.2) is 16.8 Å². The summed E-state index contributed by atoms with van der Waals surface area (Å²) in [6.45, 7) is 4.78. The monoisotopic (exact) mass is 743 g/mol. The zero-order chi connectivity index (χ0) is 27.9. The summed E-state index contributed by atoms with van der Waals surface area (Å²) in [5, 5.41) is 13.8. The van der Waals surface area contributed by atoms with Crippen molar-refractivity contribution in [1.82, 2.24) is 0 Å². The Kier molecular flexibility index (Phi) is 19.3. The van der Waals surface area contributed by atoms with Gasteiger partial charge in [-0.1, -0.05) is 29.8 Å². The van der Waals surface area contributed by atoms with Crippen molar-refractivity contribution in [1.29, 1.82) is 0 Å². The smallest absolute Gasteiger partial charge is 0.744 e. The van der Waals surface area contributed by atoms with Gasteiger partial charge >= 0.3 is 118 Å². The van der Waals surface area contributed by atoms with Crippen LogP contribution in [0.3, 0.4) is 0 Å². The summed E-state index contributed by atoms with van der Waals surface area (Å²) in [4.78, 5) is 23.2. The fraction of sp³-hybridized carbons (Fsp3) is 0.105. The van der Waals surface area contributed by atoms with Gasteiger partial charge in [-0.3, -0.25) is 9.59 Å². The van der Waals surface area contributed by atoms with Gasteiger partial charge in [0.05, 0.1) is 35.7 Å². The fourth-order valence-electron chi connectivity index (χ4n) is 2.94. The number of hydrazone groups is 1.